The maximum Gasteiger partial charge on any atom is 0.253 e. The molecule has 8 nitrogen and oxygen atoms in total. The fraction of sp³-hybridized carbons (Fsp3) is 0.385. The number of nitrogens with one attached hydrogen (secondary N) is 1. The summed E-state index contributed by atoms with van der Waals surface area (Å²) in [7, 11) is 1.65. The van der Waals surface area contributed by atoms with E-state index in [4.69, 9.17) is 4.74 Å². The Labute approximate surface area is 198 Å². The lowest BCUT2D eigenvalue weighted by Gasteiger charge is -2.33. The summed E-state index contributed by atoms with van der Waals surface area (Å²) in [6.45, 7) is 6.48. The quantitative estimate of drug-likeness (QED) is 0.473. The zero-order valence-corrected chi connectivity index (χ0v) is 19.9. The largest absolute Gasteiger partial charge is 0.497 e. The second-order valence-electron chi connectivity index (χ2n) is 9.12. The number of rotatable bonds is 6. The zero-order valence-electron chi connectivity index (χ0n) is 19.9. The third-order valence-electron chi connectivity index (χ3n) is 6.83. The van der Waals surface area contributed by atoms with E-state index >= 15 is 0 Å². The van der Waals surface area contributed by atoms with E-state index in [0.29, 0.717) is 17.9 Å². The van der Waals surface area contributed by atoms with Gasteiger partial charge in [0.1, 0.15) is 11.8 Å². The molecular weight excluding hydrogens is 428 g/mol. The Morgan fingerprint density at radius 1 is 1.03 bits per heavy atom. The third-order valence-corrected chi connectivity index (χ3v) is 6.83. The maximum atomic E-state index is 13.4. The molecule has 3 heterocycles. The Hall–Kier alpha value is -3.52. The van der Waals surface area contributed by atoms with Gasteiger partial charge in [0.05, 0.1) is 13.7 Å². The number of tetrazole rings is 1. The molecule has 5 rings (SSSR count). The summed E-state index contributed by atoms with van der Waals surface area (Å²) in [5.74, 6) is 1.49. The molecule has 0 saturated carbocycles. The second-order valence-corrected chi connectivity index (χ2v) is 9.12. The van der Waals surface area contributed by atoms with Gasteiger partial charge >= 0.3 is 0 Å². The van der Waals surface area contributed by atoms with Gasteiger partial charge in [-0.25, -0.2) is 4.68 Å². The van der Waals surface area contributed by atoms with Crippen molar-refractivity contribution in [1.82, 2.24) is 30.1 Å². The Morgan fingerprint density at radius 3 is 2.50 bits per heavy atom. The van der Waals surface area contributed by atoms with Gasteiger partial charge in [0.15, 0.2) is 5.82 Å². The molecule has 1 atom stereocenters. The minimum atomic E-state index is -0.316. The summed E-state index contributed by atoms with van der Waals surface area (Å²) in [6, 6.07) is 13.8. The van der Waals surface area contributed by atoms with Crippen molar-refractivity contribution in [3.05, 3.63) is 80.9 Å². The summed E-state index contributed by atoms with van der Waals surface area (Å²) >= 11 is 0. The molecule has 1 unspecified atom stereocenters. The van der Waals surface area contributed by atoms with Crippen LogP contribution in [0, 0.1) is 13.8 Å². The first-order chi connectivity index (χ1) is 16.5. The minimum absolute atomic E-state index is 0.0923. The smallest absolute Gasteiger partial charge is 0.253 e. The Kier molecular flexibility index (Phi) is 6.15. The number of aromatic amines is 1. The highest BCUT2D eigenvalue weighted by Crippen LogP contribution is 2.30. The first-order valence-corrected chi connectivity index (χ1v) is 11.8. The molecule has 1 aliphatic heterocycles. The number of ether oxygens (including phenoxy) is 1. The molecule has 8 heteroatoms. The number of H-pyrrole nitrogens is 1. The van der Waals surface area contributed by atoms with Crippen LogP contribution in [0.15, 0.2) is 47.3 Å². The molecule has 0 radical (unpaired) electrons. The topological polar surface area (TPSA) is 88.9 Å². The monoisotopic (exact) mass is 458 g/mol. The first-order valence-electron chi connectivity index (χ1n) is 11.8. The number of nitrogens with zero attached hydrogens (tertiary/aromatic N) is 5. The van der Waals surface area contributed by atoms with Gasteiger partial charge in [0, 0.05) is 11.1 Å². The van der Waals surface area contributed by atoms with Crippen molar-refractivity contribution in [3.63, 3.8) is 0 Å². The molecule has 4 aromatic rings. The van der Waals surface area contributed by atoms with Crippen molar-refractivity contribution < 1.29 is 4.74 Å². The molecule has 1 fully saturated rings. The number of likely N-dealkylation sites (tertiary alicyclic amines) is 1. The summed E-state index contributed by atoms with van der Waals surface area (Å²) in [4.78, 5) is 18.8. The summed E-state index contributed by atoms with van der Waals surface area (Å²) in [6.07, 6.45) is 3.40. The zero-order chi connectivity index (χ0) is 23.7. The van der Waals surface area contributed by atoms with Gasteiger partial charge in [-0.2, -0.15) is 0 Å². The number of hydrogen-bond acceptors (Lipinski definition) is 6. The van der Waals surface area contributed by atoms with Crippen molar-refractivity contribution in [2.75, 3.05) is 20.2 Å². The van der Waals surface area contributed by atoms with Gasteiger partial charge in [-0.05, 0) is 103 Å². The Bertz CT molecular complexity index is 1350. The van der Waals surface area contributed by atoms with E-state index in [1.165, 1.54) is 12.0 Å². The van der Waals surface area contributed by atoms with Crippen LogP contribution in [-0.2, 0) is 6.54 Å². The van der Waals surface area contributed by atoms with E-state index in [0.717, 1.165) is 53.7 Å². The van der Waals surface area contributed by atoms with Crippen LogP contribution in [0.5, 0.6) is 5.75 Å². The normalized spacial score (nSPS) is 15.5. The number of aromatic nitrogens is 5. The number of methoxy groups -OCH3 is 1. The van der Waals surface area contributed by atoms with Gasteiger partial charge in [-0.1, -0.05) is 18.6 Å². The van der Waals surface area contributed by atoms with Gasteiger partial charge in [-0.15, -0.1) is 5.10 Å². The van der Waals surface area contributed by atoms with Crippen LogP contribution in [0.25, 0.3) is 10.9 Å². The van der Waals surface area contributed by atoms with Crippen molar-refractivity contribution in [2.45, 2.75) is 45.7 Å². The fourth-order valence-electron chi connectivity index (χ4n) is 4.80. The minimum Gasteiger partial charge on any atom is -0.497 e. The molecule has 2 aromatic carbocycles. The summed E-state index contributed by atoms with van der Waals surface area (Å²) in [5.41, 5.74) is 4.86. The van der Waals surface area contributed by atoms with Gasteiger partial charge in [0.25, 0.3) is 5.56 Å². The van der Waals surface area contributed by atoms with Crippen LogP contribution < -0.4 is 10.3 Å². The van der Waals surface area contributed by atoms with Crippen LogP contribution >= 0.6 is 0 Å². The molecule has 1 aliphatic rings. The lowest BCUT2D eigenvalue weighted by molar-refractivity contribution is 0.177. The van der Waals surface area contributed by atoms with E-state index < -0.39 is 0 Å². The predicted octanol–water partition coefficient (Wildman–Crippen LogP) is 3.76. The summed E-state index contributed by atoms with van der Waals surface area (Å²) in [5, 5.41) is 13.8. The first kappa shape index (κ1) is 22.3. The standard InChI is InChI=1S/C26H30N6O2/c1-17-13-20-15-22(26(33)27-23(20)14-18(17)2)24(31-11-5-4-6-12-31)25-28-29-30-32(25)16-19-7-9-21(34-3)10-8-19/h7-10,13-15,24H,4-6,11-12,16H2,1-3H3,(H,27,33). The highest BCUT2D eigenvalue weighted by Gasteiger charge is 2.31. The van der Waals surface area contributed by atoms with Crippen molar-refractivity contribution in [3.8, 4) is 5.75 Å². The number of aryl methyl sites for hydroxylation is 2. The Balaban J connectivity index is 1.59. The number of pyridine rings is 1. The lowest BCUT2D eigenvalue weighted by Crippen LogP contribution is -2.38. The average Bonchev–Trinajstić information content (AvgIpc) is 3.29. The molecule has 2 aromatic heterocycles. The van der Waals surface area contributed by atoms with Crippen LogP contribution in [0.3, 0.4) is 0 Å². The highest BCUT2D eigenvalue weighted by molar-refractivity contribution is 5.81. The SMILES string of the molecule is COc1ccc(Cn2nnnc2C(c2cc3cc(C)c(C)cc3[nH]c2=O)N2CCCCC2)cc1. The molecule has 0 spiro atoms. The van der Waals surface area contributed by atoms with Crippen LogP contribution in [-0.4, -0.2) is 50.3 Å². The van der Waals surface area contributed by atoms with E-state index in [9.17, 15) is 4.79 Å². The molecular formula is C26H30N6O2. The Morgan fingerprint density at radius 2 is 1.76 bits per heavy atom. The maximum absolute atomic E-state index is 13.4. The number of piperidine rings is 1. The van der Waals surface area contributed by atoms with Gasteiger partial charge < -0.3 is 9.72 Å². The van der Waals surface area contributed by atoms with E-state index in [1.807, 2.05) is 41.1 Å². The number of benzene rings is 2. The number of hydrogen-bond donors (Lipinski definition) is 1. The fourth-order valence-corrected chi connectivity index (χ4v) is 4.80. The predicted molar refractivity (Wildman–Crippen MR) is 131 cm³/mol. The number of fused-ring (bicyclic) bond motifs is 1. The van der Waals surface area contributed by atoms with Crippen molar-refractivity contribution in [1.29, 1.82) is 0 Å². The van der Waals surface area contributed by atoms with Crippen molar-refractivity contribution >= 4 is 10.9 Å². The second kappa shape index (κ2) is 9.38. The van der Waals surface area contributed by atoms with Crippen LogP contribution in [0.2, 0.25) is 0 Å². The molecule has 0 bridgehead atoms. The molecule has 0 amide bonds. The molecule has 176 valence electrons. The van der Waals surface area contributed by atoms with E-state index in [2.05, 4.69) is 45.3 Å². The summed E-state index contributed by atoms with van der Waals surface area (Å²) < 4.78 is 7.09. The van der Waals surface area contributed by atoms with Crippen LogP contribution in [0.1, 0.15) is 53.4 Å². The van der Waals surface area contributed by atoms with Gasteiger partial charge in [-0.3, -0.25) is 9.69 Å². The van der Waals surface area contributed by atoms with Crippen LogP contribution in [0.4, 0.5) is 0 Å². The third kappa shape index (κ3) is 4.33. The van der Waals surface area contributed by atoms with E-state index in [1.54, 1.807) is 7.11 Å². The molecule has 0 aliphatic carbocycles. The lowest BCUT2D eigenvalue weighted by atomic mass is 9.99. The molecule has 34 heavy (non-hydrogen) atoms. The highest BCUT2D eigenvalue weighted by atomic mass is 16.5. The average molecular weight is 459 g/mol. The van der Waals surface area contributed by atoms with Crippen molar-refractivity contribution in [2.24, 2.45) is 0 Å². The van der Waals surface area contributed by atoms with Gasteiger partial charge in [0.2, 0.25) is 0 Å². The molecule has 1 N–H and O–H groups in total. The molecule has 1 saturated heterocycles. The van der Waals surface area contributed by atoms with E-state index in [-0.39, 0.29) is 11.6 Å².